The summed E-state index contributed by atoms with van der Waals surface area (Å²) in [4.78, 5) is 9.91. The van der Waals surface area contributed by atoms with E-state index in [0.29, 0.717) is 0 Å². The molecule has 0 spiro atoms. The molecule has 4 heteroatoms. The van der Waals surface area contributed by atoms with Gasteiger partial charge in [-0.3, -0.25) is 0 Å². The van der Waals surface area contributed by atoms with Crippen molar-refractivity contribution < 1.29 is 34.1 Å². The van der Waals surface area contributed by atoms with Gasteiger partial charge in [-0.1, -0.05) is 6.58 Å². The van der Waals surface area contributed by atoms with E-state index < -0.39 is 12.8 Å². The van der Waals surface area contributed by atoms with Gasteiger partial charge in [0.25, 0.3) is 0 Å². The second kappa shape index (κ2) is 6.79. The number of esters is 1. The Morgan fingerprint density at radius 3 is 2.50 bits per heavy atom. The van der Waals surface area contributed by atoms with Crippen LogP contribution in [0.5, 0.6) is 0 Å². The number of carbonyl (C=O) groups excluding carboxylic acids is 1. The molecule has 0 aromatic heterocycles. The molecule has 0 rings (SSSR count). The minimum Gasteiger partial charge on any atom is -0.436 e. The molecule has 8 heavy (non-hydrogen) atoms. The summed E-state index contributed by atoms with van der Waals surface area (Å²) in [5, 5.41) is 7.88. The molecule has 3 nitrogen and oxygen atoms in total. The standard InChI is InChI=1S/C4H6O3.Zn/c1-2-4(6)7-3-5;/h2,5H,1,3H2;. The van der Waals surface area contributed by atoms with Crippen LogP contribution in [0.4, 0.5) is 0 Å². The van der Waals surface area contributed by atoms with Crippen molar-refractivity contribution in [1.82, 2.24) is 0 Å². The predicted molar refractivity (Wildman–Crippen MR) is 23.4 cm³/mol. The van der Waals surface area contributed by atoms with Gasteiger partial charge in [-0.2, -0.15) is 0 Å². The van der Waals surface area contributed by atoms with Crippen molar-refractivity contribution in [1.29, 1.82) is 0 Å². The Morgan fingerprint density at radius 1 is 1.88 bits per heavy atom. The predicted octanol–water partition coefficient (Wildman–Crippen LogP) is -0.337. The smallest absolute Gasteiger partial charge is 0.332 e. The van der Waals surface area contributed by atoms with E-state index in [4.69, 9.17) is 5.11 Å². The number of hydrogen-bond acceptors (Lipinski definition) is 3. The summed E-state index contributed by atoms with van der Waals surface area (Å²) in [6, 6.07) is 0. The molecule has 0 fully saturated rings. The molecule has 0 aliphatic carbocycles. The minimum absolute atomic E-state index is 0. The van der Waals surface area contributed by atoms with Crippen LogP contribution < -0.4 is 0 Å². The SMILES string of the molecule is C=CC(=O)OCO.[Zn]. The van der Waals surface area contributed by atoms with Gasteiger partial charge in [-0.25, -0.2) is 4.79 Å². The zero-order valence-electron chi connectivity index (χ0n) is 4.46. The molecule has 0 atom stereocenters. The van der Waals surface area contributed by atoms with Crippen molar-refractivity contribution in [3.63, 3.8) is 0 Å². The first-order valence-corrected chi connectivity index (χ1v) is 1.71. The number of hydrogen-bond donors (Lipinski definition) is 1. The van der Waals surface area contributed by atoms with E-state index in [1.807, 2.05) is 0 Å². The molecule has 0 bridgehead atoms. The fourth-order valence-electron chi connectivity index (χ4n) is 0.123. The van der Waals surface area contributed by atoms with E-state index in [1.54, 1.807) is 0 Å². The third kappa shape index (κ3) is 5.79. The third-order valence-corrected chi connectivity index (χ3v) is 0.373. The number of aliphatic hydroxyl groups excluding tert-OH is 1. The molecule has 0 aliphatic rings. The van der Waals surface area contributed by atoms with Crippen LogP contribution in [0.25, 0.3) is 0 Å². The Bertz CT molecular complexity index is 81.4. The van der Waals surface area contributed by atoms with E-state index in [-0.39, 0.29) is 19.5 Å². The van der Waals surface area contributed by atoms with E-state index >= 15 is 0 Å². The topological polar surface area (TPSA) is 46.5 Å². The monoisotopic (exact) mass is 166 g/mol. The Labute approximate surface area is 60.1 Å². The zero-order chi connectivity index (χ0) is 5.70. The van der Waals surface area contributed by atoms with Crippen LogP contribution in [0.15, 0.2) is 12.7 Å². The normalized spacial score (nSPS) is 6.62. The fourth-order valence-corrected chi connectivity index (χ4v) is 0.123. The van der Waals surface area contributed by atoms with Gasteiger partial charge in [0.05, 0.1) is 0 Å². The first-order valence-electron chi connectivity index (χ1n) is 1.71. The Balaban J connectivity index is 0. The van der Waals surface area contributed by atoms with Crippen molar-refractivity contribution in [3.05, 3.63) is 12.7 Å². The van der Waals surface area contributed by atoms with Crippen LogP contribution in [0.3, 0.4) is 0 Å². The summed E-state index contributed by atoms with van der Waals surface area (Å²) in [6.45, 7) is 2.52. The van der Waals surface area contributed by atoms with Crippen molar-refractivity contribution in [3.8, 4) is 0 Å². The summed E-state index contributed by atoms with van der Waals surface area (Å²) < 4.78 is 3.99. The van der Waals surface area contributed by atoms with E-state index in [2.05, 4.69) is 11.3 Å². The van der Waals surface area contributed by atoms with Gasteiger partial charge in [-0.05, 0) is 0 Å². The second-order valence-electron chi connectivity index (χ2n) is 0.797. The van der Waals surface area contributed by atoms with Gasteiger partial charge in [0.15, 0.2) is 6.79 Å². The van der Waals surface area contributed by atoms with Crippen LogP contribution in [-0.4, -0.2) is 17.9 Å². The molecule has 0 saturated heterocycles. The molecule has 0 radical (unpaired) electrons. The quantitative estimate of drug-likeness (QED) is 0.265. The Morgan fingerprint density at radius 2 is 2.38 bits per heavy atom. The van der Waals surface area contributed by atoms with Crippen molar-refractivity contribution in [2.45, 2.75) is 0 Å². The number of carbonyl (C=O) groups is 1. The molecule has 42 valence electrons. The van der Waals surface area contributed by atoms with Crippen LogP contribution in [0.2, 0.25) is 0 Å². The van der Waals surface area contributed by atoms with Crippen molar-refractivity contribution in [2.75, 3.05) is 6.79 Å². The van der Waals surface area contributed by atoms with Crippen LogP contribution in [0, 0.1) is 0 Å². The molecule has 0 heterocycles. The van der Waals surface area contributed by atoms with Crippen molar-refractivity contribution in [2.24, 2.45) is 0 Å². The Hall–Kier alpha value is -0.207. The van der Waals surface area contributed by atoms with Crippen LogP contribution >= 0.6 is 0 Å². The van der Waals surface area contributed by atoms with E-state index in [1.165, 1.54) is 0 Å². The first-order chi connectivity index (χ1) is 3.31. The maximum atomic E-state index is 9.91. The van der Waals surface area contributed by atoms with Gasteiger partial charge < -0.3 is 9.84 Å². The number of aliphatic hydroxyl groups is 1. The maximum Gasteiger partial charge on any atom is 0.332 e. The second-order valence-corrected chi connectivity index (χ2v) is 0.797. The van der Waals surface area contributed by atoms with Crippen LogP contribution in [0.1, 0.15) is 0 Å². The maximum absolute atomic E-state index is 9.91. The minimum atomic E-state index is -0.609. The molecule has 0 aromatic rings. The van der Waals surface area contributed by atoms with Crippen molar-refractivity contribution >= 4 is 5.97 Å². The van der Waals surface area contributed by atoms with E-state index in [9.17, 15) is 4.79 Å². The summed E-state index contributed by atoms with van der Waals surface area (Å²) in [5.41, 5.74) is 0. The molecule has 0 saturated carbocycles. The zero-order valence-corrected chi connectivity index (χ0v) is 7.43. The van der Waals surface area contributed by atoms with Gasteiger partial charge in [0, 0.05) is 25.6 Å². The third-order valence-electron chi connectivity index (χ3n) is 0.373. The summed E-state index contributed by atoms with van der Waals surface area (Å²) in [7, 11) is 0. The summed E-state index contributed by atoms with van der Waals surface area (Å²) >= 11 is 0. The number of rotatable bonds is 2. The van der Waals surface area contributed by atoms with E-state index in [0.717, 1.165) is 6.08 Å². The van der Waals surface area contributed by atoms with Gasteiger partial charge in [0.2, 0.25) is 0 Å². The summed E-state index contributed by atoms with van der Waals surface area (Å²) in [5.74, 6) is -0.609. The van der Waals surface area contributed by atoms with Gasteiger partial charge >= 0.3 is 5.97 Å². The molecular formula is C4H6O3Zn. The molecule has 1 N–H and O–H groups in total. The molecule has 0 aliphatic heterocycles. The first kappa shape index (κ1) is 10.7. The van der Waals surface area contributed by atoms with Gasteiger partial charge in [0.1, 0.15) is 0 Å². The molecular weight excluding hydrogens is 161 g/mol. The molecule has 0 aromatic carbocycles. The number of ether oxygens (including phenoxy) is 1. The fraction of sp³-hybridized carbons (Fsp3) is 0.250. The average Bonchev–Trinajstić information content (AvgIpc) is 1.68. The Kier molecular flexibility index (Phi) is 9.10. The average molecular weight is 167 g/mol. The largest absolute Gasteiger partial charge is 0.436 e. The van der Waals surface area contributed by atoms with Gasteiger partial charge in [-0.15, -0.1) is 0 Å². The van der Waals surface area contributed by atoms with Crippen LogP contribution in [-0.2, 0) is 29.0 Å². The molecule has 0 unspecified atom stereocenters. The molecule has 0 amide bonds. The summed E-state index contributed by atoms with van der Waals surface area (Å²) in [6.07, 6.45) is 0.982.